The minimum atomic E-state index is -0.592. The summed E-state index contributed by atoms with van der Waals surface area (Å²) in [7, 11) is 0. The van der Waals surface area contributed by atoms with E-state index < -0.39 is 16.6 Å². The number of halogens is 3. The monoisotopic (exact) mass is 386 g/mol. The molecule has 0 saturated carbocycles. The van der Waals surface area contributed by atoms with Crippen LogP contribution >= 0.6 is 23.2 Å². The van der Waals surface area contributed by atoms with E-state index in [9.17, 15) is 19.3 Å². The Hall–Kier alpha value is -2.22. The first-order chi connectivity index (χ1) is 11.8. The molecule has 3 N–H and O–H groups in total. The molecule has 0 aliphatic heterocycles. The van der Waals surface area contributed by atoms with Crippen molar-refractivity contribution in [3.05, 3.63) is 67.9 Å². The van der Waals surface area contributed by atoms with Crippen molar-refractivity contribution in [3.8, 4) is 0 Å². The molecule has 0 aliphatic rings. The van der Waals surface area contributed by atoms with Gasteiger partial charge >= 0.3 is 0 Å². The zero-order valence-electron chi connectivity index (χ0n) is 13.1. The van der Waals surface area contributed by atoms with Crippen molar-refractivity contribution in [3.63, 3.8) is 0 Å². The average molecular weight is 387 g/mol. The maximum atomic E-state index is 13.6. The molecule has 2 aromatic rings. The largest absolute Gasteiger partial charge is 0.332 e. The number of para-hydroxylation sites is 2. The van der Waals surface area contributed by atoms with Gasteiger partial charge in [0.2, 0.25) is 0 Å². The number of anilines is 1. The molecule has 1 atom stereocenters. The van der Waals surface area contributed by atoms with Crippen molar-refractivity contribution in [1.29, 1.82) is 0 Å². The molecule has 0 bridgehead atoms. The summed E-state index contributed by atoms with van der Waals surface area (Å²) in [5.74, 6) is -1.02. The third kappa shape index (κ3) is 4.88. The maximum absolute atomic E-state index is 13.6. The lowest BCUT2D eigenvalue weighted by Crippen LogP contribution is -2.86. The lowest BCUT2D eigenvalue weighted by atomic mass is 10.1. The second kappa shape index (κ2) is 8.24. The fourth-order valence-corrected chi connectivity index (χ4v) is 2.79. The van der Waals surface area contributed by atoms with Gasteiger partial charge in [-0.1, -0.05) is 35.3 Å². The highest BCUT2D eigenvalue weighted by atomic mass is 35.5. The second-order valence-corrected chi connectivity index (χ2v) is 6.15. The smallest absolute Gasteiger partial charge is 0.292 e. The molecule has 0 aliphatic carbocycles. The van der Waals surface area contributed by atoms with Crippen LogP contribution in [0.4, 0.5) is 15.8 Å². The first-order valence-corrected chi connectivity index (χ1v) is 8.06. The number of benzene rings is 2. The standard InChI is InChI=1S/C16H14Cl2FN3O3/c1-9(10-6-13(19)12(18)7-11(10)17)20-8-16(23)21-14-4-2-3-5-15(14)22(24)25/h2-7,9,20H,8H2,1H3,(H,21,23)/p+1/t9-/m0/s1. The summed E-state index contributed by atoms with van der Waals surface area (Å²) in [6.45, 7) is 1.74. The molecule has 6 nitrogen and oxygen atoms in total. The zero-order valence-corrected chi connectivity index (χ0v) is 14.6. The van der Waals surface area contributed by atoms with Crippen molar-refractivity contribution in [2.45, 2.75) is 13.0 Å². The molecule has 9 heteroatoms. The Balaban J connectivity index is 2.01. The van der Waals surface area contributed by atoms with Crippen molar-refractivity contribution in [1.82, 2.24) is 0 Å². The molecule has 2 aromatic carbocycles. The third-order valence-corrected chi connectivity index (χ3v) is 4.18. The Morgan fingerprint density at radius 3 is 2.68 bits per heavy atom. The van der Waals surface area contributed by atoms with Gasteiger partial charge in [0, 0.05) is 11.6 Å². The van der Waals surface area contributed by atoms with E-state index >= 15 is 0 Å². The van der Waals surface area contributed by atoms with Gasteiger partial charge in [0.25, 0.3) is 11.6 Å². The van der Waals surface area contributed by atoms with Crippen LogP contribution in [0.1, 0.15) is 18.5 Å². The van der Waals surface area contributed by atoms with Crippen LogP contribution in [0.15, 0.2) is 36.4 Å². The van der Waals surface area contributed by atoms with Gasteiger partial charge < -0.3 is 10.6 Å². The predicted molar refractivity (Wildman–Crippen MR) is 93.4 cm³/mol. The maximum Gasteiger partial charge on any atom is 0.292 e. The fraction of sp³-hybridized carbons (Fsp3) is 0.188. The summed E-state index contributed by atoms with van der Waals surface area (Å²) in [6, 6.07) is 8.08. The lowest BCUT2D eigenvalue weighted by Gasteiger charge is -2.13. The lowest BCUT2D eigenvalue weighted by molar-refractivity contribution is -0.682. The third-order valence-electron chi connectivity index (χ3n) is 3.56. The molecule has 0 saturated heterocycles. The van der Waals surface area contributed by atoms with Crippen LogP contribution in [0.2, 0.25) is 10.0 Å². The SMILES string of the molecule is C[C@H]([NH2+]CC(=O)Nc1ccccc1[N+](=O)[O-])c1cc(F)c(Cl)cc1Cl. The summed E-state index contributed by atoms with van der Waals surface area (Å²) in [5, 5.41) is 15.3. The van der Waals surface area contributed by atoms with Gasteiger partial charge in [-0.3, -0.25) is 14.9 Å². The molecule has 0 aromatic heterocycles. The highest BCUT2D eigenvalue weighted by molar-refractivity contribution is 6.35. The van der Waals surface area contributed by atoms with Crippen molar-refractivity contribution >= 4 is 40.5 Å². The number of rotatable bonds is 6. The number of quaternary nitrogens is 1. The Morgan fingerprint density at radius 1 is 1.32 bits per heavy atom. The van der Waals surface area contributed by atoms with E-state index in [1.165, 1.54) is 30.3 Å². The van der Waals surface area contributed by atoms with Gasteiger partial charge in [-0.2, -0.15) is 0 Å². The fourth-order valence-electron chi connectivity index (χ4n) is 2.24. The molecule has 25 heavy (non-hydrogen) atoms. The highest BCUT2D eigenvalue weighted by Gasteiger charge is 2.19. The van der Waals surface area contributed by atoms with E-state index in [1.54, 1.807) is 18.3 Å². The number of carbonyl (C=O) groups is 1. The van der Waals surface area contributed by atoms with Gasteiger partial charge in [0.1, 0.15) is 17.5 Å². The average Bonchev–Trinajstić information content (AvgIpc) is 2.56. The van der Waals surface area contributed by atoms with Gasteiger partial charge in [-0.05, 0) is 25.1 Å². The predicted octanol–water partition coefficient (Wildman–Crippen LogP) is 3.30. The number of nitrogens with zero attached hydrogens (tertiary/aromatic N) is 1. The van der Waals surface area contributed by atoms with Crippen molar-refractivity contribution in [2.75, 3.05) is 11.9 Å². The Labute approximate surface area is 153 Å². The van der Waals surface area contributed by atoms with E-state index in [2.05, 4.69) is 5.32 Å². The number of nitro groups is 1. The summed E-state index contributed by atoms with van der Waals surface area (Å²) >= 11 is 11.7. The Morgan fingerprint density at radius 2 is 2.00 bits per heavy atom. The van der Waals surface area contributed by atoms with Crippen molar-refractivity contribution < 1.29 is 19.4 Å². The first-order valence-electron chi connectivity index (χ1n) is 7.30. The number of amides is 1. The van der Waals surface area contributed by atoms with Crippen molar-refractivity contribution in [2.24, 2.45) is 0 Å². The molecule has 2 rings (SSSR count). The van der Waals surface area contributed by atoms with Crippen LogP contribution < -0.4 is 10.6 Å². The summed E-state index contributed by atoms with van der Waals surface area (Å²) in [6.07, 6.45) is 0. The zero-order chi connectivity index (χ0) is 18.6. The second-order valence-electron chi connectivity index (χ2n) is 5.34. The number of nitrogens with two attached hydrogens (primary N) is 1. The molecular formula is C16H15Cl2FN3O3+. The minimum absolute atomic E-state index is 0.0200. The van der Waals surface area contributed by atoms with E-state index in [0.29, 0.717) is 10.6 Å². The normalized spacial score (nSPS) is 11.8. The van der Waals surface area contributed by atoms with E-state index in [-0.39, 0.29) is 29.0 Å². The summed E-state index contributed by atoms with van der Waals surface area (Å²) < 4.78 is 13.6. The Bertz CT molecular complexity index is 817. The number of hydrogen-bond acceptors (Lipinski definition) is 3. The van der Waals surface area contributed by atoms with Crippen LogP contribution in [0.5, 0.6) is 0 Å². The number of nitrogens with one attached hydrogen (secondary N) is 1. The van der Waals surface area contributed by atoms with Gasteiger partial charge in [-0.25, -0.2) is 4.39 Å². The quantitative estimate of drug-likeness (QED) is 0.453. The van der Waals surface area contributed by atoms with Crippen LogP contribution in [-0.4, -0.2) is 17.4 Å². The molecule has 0 fully saturated rings. The van der Waals surface area contributed by atoms with E-state index in [0.717, 1.165) is 0 Å². The molecule has 0 unspecified atom stereocenters. The topological polar surface area (TPSA) is 88.8 Å². The highest BCUT2D eigenvalue weighted by Crippen LogP contribution is 2.27. The number of hydrogen-bond donors (Lipinski definition) is 2. The molecule has 0 spiro atoms. The molecule has 0 radical (unpaired) electrons. The Kier molecular flexibility index (Phi) is 6.30. The van der Waals surface area contributed by atoms with Crippen LogP contribution in [-0.2, 0) is 4.79 Å². The molecule has 132 valence electrons. The van der Waals surface area contributed by atoms with Gasteiger partial charge in [0.05, 0.1) is 15.0 Å². The summed E-state index contributed by atoms with van der Waals surface area (Å²) in [4.78, 5) is 22.4. The molecule has 1 amide bonds. The summed E-state index contributed by atoms with van der Waals surface area (Å²) in [5.41, 5.74) is 0.433. The number of nitro benzene ring substituents is 1. The molecule has 0 heterocycles. The molecular weight excluding hydrogens is 372 g/mol. The van der Waals surface area contributed by atoms with Gasteiger partial charge in [0.15, 0.2) is 6.54 Å². The van der Waals surface area contributed by atoms with E-state index in [1.807, 2.05) is 0 Å². The van der Waals surface area contributed by atoms with Crippen LogP contribution in [0.25, 0.3) is 0 Å². The van der Waals surface area contributed by atoms with Crippen LogP contribution in [0.3, 0.4) is 0 Å². The minimum Gasteiger partial charge on any atom is -0.332 e. The van der Waals surface area contributed by atoms with Gasteiger partial charge in [-0.15, -0.1) is 0 Å². The number of carbonyl (C=O) groups excluding carboxylic acids is 1. The van der Waals surface area contributed by atoms with E-state index in [4.69, 9.17) is 23.2 Å². The van der Waals surface area contributed by atoms with Crippen LogP contribution in [0, 0.1) is 15.9 Å². The first kappa shape index (κ1) is 19.1.